The van der Waals surface area contributed by atoms with Crippen LogP contribution in [0.5, 0.6) is 5.88 Å². The lowest BCUT2D eigenvalue weighted by atomic mass is 10.2. The molecule has 2 rings (SSSR count). The van der Waals surface area contributed by atoms with Gasteiger partial charge in [0.1, 0.15) is 6.61 Å². The Morgan fingerprint density at radius 1 is 1.13 bits per heavy atom. The van der Waals surface area contributed by atoms with Gasteiger partial charge in [0.15, 0.2) is 0 Å². The highest BCUT2D eigenvalue weighted by Crippen LogP contribution is 2.10. The van der Waals surface area contributed by atoms with Gasteiger partial charge in [0.2, 0.25) is 5.88 Å². The van der Waals surface area contributed by atoms with Crippen LogP contribution >= 0.6 is 0 Å². The molecule has 5 heteroatoms. The third-order valence-electron chi connectivity index (χ3n) is 3.18. The van der Waals surface area contributed by atoms with Crippen molar-refractivity contribution in [3.63, 3.8) is 0 Å². The Bertz CT molecular complexity index is 597. The molecular weight excluding hydrogens is 292 g/mol. The Morgan fingerprint density at radius 3 is 2.57 bits per heavy atom. The van der Waals surface area contributed by atoms with Gasteiger partial charge in [-0.1, -0.05) is 30.3 Å². The maximum Gasteiger partial charge on any atom is 0.340 e. The number of benzene rings is 1. The van der Waals surface area contributed by atoms with Gasteiger partial charge in [-0.2, -0.15) is 0 Å². The molecule has 0 amide bonds. The maximum atomic E-state index is 12.0. The zero-order valence-electron chi connectivity index (χ0n) is 13.6. The number of carbonyl (C=O) groups is 1. The molecule has 0 bridgehead atoms. The van der Waals surface area contributed by atoms with E-state index in [0.29, 0.717) is 18.1 Å². The van der Waals surface area contributed by atoms with E-state index in [1.165, 1.54) is 6.20 Å². The molecule has 1 aromatic heterocycles. The fourth-order valence-electron chi connectivity index (χ4n) is 1.95. The van der Waals surface area contributed by atoms with Crippen LogP contribution in [0.2, 0.25) is 0 Å². The predicted molar refractivity (Wildman–Crippen MR) is 88.5 cm³/mol. The summed E-state index contributed by atoms with van der Waals surface area (Å²) in [6.45, 7) is 1.81. The largest absolute Gasteiger partial charge is 0.478 e. The Balaban J connectivity index is 1.78. The van der Waals surface area contributed by atoms with Gasteiger partial charge in [-0.25, -0.2) is 9.78 Å². The molecule has 1 aromatic carbocycles. The van der Waals surface area contributed by atoms with Crippen molar-refractivity contribution < 1.29 is 14.3 Å². The van der Waals surface area contributed by atoms with Gasteiger partial charge in [-0.3, -0.25) is 0 Å². The predicted octanol–water partition coefficient (Wildman–Crippen LogP) is 2.77. The Kier molecular flexibility index (Phi) is 6.56. The van der Waals surface area contributed by atoms with Gasteiger partial charge >= 0.3 is 5.97 Å². The van der Waals surface area contributed by atoms with Gasteiger partial charge < -0.3 is 14.4 Å². The highest BCUT2D eigenvalue weighted by atomic mass is 16.5. The number of aromatic nitrogens is 1. The van der Waals surface area contributed by atoms with Crippen molar-refractivity contribution in [1.29, 1.82) is 0 Å². The summed E-state index contributed by atoms with van der Waals surface area (Å²) in [5.74, 6) is 0.129. The first-order valence-electron chi connectivity index (χ1n) is 7.60. The minimum Gasteiger partial charge on any atom is -0.478 e. The second kappa shape index (κ2) is 8.90. The van der Waals surface area contributed by atoms with E-state index in [1.807, 2.05) is 44.4 Å². The fraction of sp³-hybridized carbons (Fsp3) is 0.333. The zero-order chi connectivity index (χ0) is 16.5. The lowest BCUT2D eigenvalue weighted by Gasteiger charge is -2.10. The third-order valence-corrected chi connectivity index (χ3v) is 3.18. The molecule has 0 N–H and O–H groups in total. The van der Waals surface area contributed by atoms with E-state index in [-0.39, 0.29) is 12.6 Å². The summed E-state index contributed by atoms with van der Waals surface area (Å²) in [6, 6.07) is 12.9. The molecule has 0 unspecified atom stereocenters. The van der Waals surface area contributed by atoms with Crippen molar-refractivity contribution >= 4 is 5.97 Å². The average Bonchev–Trinajstić information content (AvgIpc) is 2.58. The van der Waals surface area contributed by atoms with Gasteiger partial charge in [-0.05, 0) is 32.1 Å². The molecular formula is C18H22N2O3. The molecule has 0 aliphatic rings. The van der Waals surface area contributed by atoms with Crippen LogP contribution in [0, 0.1) is 0 Å². The Morgan fingerprint density at radius 2 is 1.91 bits per heavy atom. The second-order valence-electron chi connectivity index (χ2n) is 5.45. The van der Waals surface area contributed by atoms with E-state index in [0.717, 1.165) is 18.5 Å². The van der Waals surface area contributed by atoms with E-state index in [1.54, 1.807) is 12.1 Å². The molecule has 0 aliphatic carbocycles. The van der Waals surface area contributed by atoms with Gasteiger partial charge in [0.05, 0.1) is 12.2 Å². The van der Waals surface area contributed by atoms with E-state index < -0.39 is 0 Å². The molecule has 0 radical (unpaired) electrons. The van der Waals surface area contributed by atoms with Crippen LogP contribution in [0.1, 0.15) is 22.3 Å². The van der Waals surface area contributed by atoms with Crippen molar-refractivity contribution in [2.75, 3.05) is 27.2 Å². The highest BCUT2D eigenvalue weighted by Gasteiger charge is 2.08. The SMILES string of the molecule is CN(C)CCCOc1ccc(C(=O)OCc2ccccc2)cn1. The molecule has 0 saturated heterocycles. The monoisotopic (exact) mass is 314 g/mol. The van der Waals surface area contributed by atoms with Gasteiger partial charge in [-0.15, -0.1) is 0 Å². The van der Waals surface area contributed by atoms with Gasteiger partial charge in [0.25, 0.3) is 0 Å². The smallest absolute Gasteiger partial charge is 0.340 e. The quantitative estimate of drug-likeness (QED) is 0.554. The lowest BCUT2D eigenvalue weighted by molar-refractivity contribution is 0.0472. The summed E-state index contributed by atoms with van der Waals surface area (Å²) in [7, 11) is 4.04. The van der Waals surface area contributed by atoms with Crippen molar-refractivity contribution in [3.8, 4) is 5.88 Å². The van der Waals surface area contributed by atoms with E-state index in [2.05, 4.69) is 9.88 Å². The minimum absolute atomic E-state index is 0.252. The molecule has 5 nitrogen and oxygen atoms in total. The standard InChI is InChI=1S/C18H22N2O3/c1-20(2)11-6-12-22-17-10-9-16(13-19-17)18(21)23-14-15-7-4-3-5-8-15/h3-5,7-10,13H,6,11-12,14H2,1-2H3. The van der Waals surface area contributed by atoms with Crippen molar-refractivity contribution in [2.24, 2.45) is 0 Å². The summed E-state index contributed by atoms with van der Waals surface area (Å²) in [6.07, 6.45) is 2.41. The molecule has 0 fully saturated rings. The summed E-state index contributed by atoms with van der Waals surface area (Å²) < 4.78 is 10.8. The first-order chi connectivity index (χ1) is 11.1. The molecule has 0 aliphatic heterocycles. The van der Waals surface area contributed by atoms with Crippen LogP contribution in [0.15, 0.2) is 48.7 Å². The van der Waals surface area contributed by atoms with E-state index in [4.69, 9.17) is 9.47 Å². The lowest BCUT2D eigenvalue weighted by Crippen LogP contribution is -2.15. The van der Waals surface area contributed by atoms with E-state index in [9.17, 15) is 4.79 Å². The maximum absolute atomic E-state index is 12.0. The number of pyridine rings is 1. The molecule has 1 heterocycles. The summed E-state index contributed by atoms with van der Waals surface area (Å²) in [4.78, 5) is 18.2. The number of nitrogens with zero attached hydrogens (tertiary/aromatic N) is 2. The van der Waals surface area contributed by atoms with Crippen LogP contribution in [0.4, 0.5) is 0 Å². The number of rotatable bonds is 8. The second-order valence-corrected chi connectivity index (χ2v) is 5.45. The molecule has 122 valence electrons. The van der Waals surface area contributed by atoms with Gasteiger partial charge in [0, 0.05) is 18.8 Å². The first-order valence-corrected chi connectivity index (χ1v) is 7.60. The number of hydrogen-bond acceptors (Lipinski definition) is 5. The van der Waals surface area contributed by atoms with Crippen LogP contribution in [-0.2, 0) is 11.3 Å². The van der Waals surface area contributed by atoms with Crippen LogP contribution in [-0.4, -0.2) is 43.1 Å². The molecule has 2 aromatic rings. The summed E-state index contributed by atoms with van der Waals surface area (Å²) >= 11 is 0. The molecule has 23 heavy (non-hydrogen) atoms. The fourth-order valence-corrected chi connectivity index (χ4v) is 1.95. The zero-order valence-corrected chi connectivity index (χ0v) is 13.6. The van der Waals surface area contributed by atoms with Crippen molar-refractivity contribution in [3.05, 3.63) is 59.8 Å². The number of ether oxygens (including phenoxy) is 2. The topological polar surface area (TPSA) is 51.7 Å². The Labute approximate surface area is 136 Å². The van der Waals surface area contributed by atoms with Crippen LogP contribution < -0.4 is 4.74 Å². The average molecular weight is 314 g/mol. The van der Waals surface area contributed by atoms with Crippen molar-refractivity contribution in [1.82, 2.24) is 9.88 Å². The number of esters is 1. The highest BCUT2D eigenvalue weighted by molar-refractivity contribution is 5.89. The molecule has 0 spiro atoms. The summed E-state index contributed by atoms with van der Waals surface area (Å²) in [5, 5.41) is 0. The van der Waals surface area contributed by atoms with E-state index >= 15 is 0 Å². The number of hydrogen-bond donors (Lipinski definition) is 0. The first kappa shape index (κ1) is 17.0. The number of carbonyl (C=O) groups excluding carboxylic acids is 1. The van der Waals surface area contributed by atoms with Crippen LogP contribution in [0.3, 0.4) is 0 Å². The van der Waals surface area contributed by atoms with Crippen LogP contribution in [0.25, 0.3) is 0 Å². The molecule has 0 saturated carbocycles. The summed E-state index contributed by atoms with van der Waals surface area (Å²) in [5.41, 5.74) is 1.37. The normalized spacial score (nSPS) is 10.6. The Hall–Kier alpha value is -2.40. The minimum atomic E-state index is -0.388. The molecule has 0 atom stereocenters. The third kappa shape index (κ3) is 6.08. The van der Waals surface area contributed by atoms with Crippen molar-refractivity contribution in [2.45, 2.75) is 13.0 Å².